The third-order valence-corrected chi connectivity index (χ3v) is 2.37. The van der Waals surface area contributed by atoms with Crippen molar-refractivity contribution in [1.82, 2.24) is 4.40 Å². The van der Waals surface area contributed by atoms with Crippen molar-refractivity contribution in [2.24, 2.45) is 0 Å². The topological polar surface area (TPSA) is 41.7 Å². The molecule has 3 nitrogen and oxygen atoms in total. The lowest BCUT2D eigenvalue weighted by Gasteiger charge is -1.99. The minimum atomic E-state index is -0.890. The Labute approximate surface area is 81.6 Å². The van der Waals surface area contributed by atoms with Crippen LogP contribution in [0, 0.1) is 0 Å². The van der Waals surface area contributed by atoms with Gasteiger partial charge in [0.15, 0.2) is 0 Å². The zero-order valence-corrected chi connectivity index (χ0v) is 7.90. The number of rotatable bonds is 2. The first-order chi connectivity index (χ1) is 6.72. The maximum atomic E-state index is 10.7. The molecule has 0 saturated heterocycles. The van der Waals surface area contributed by atoms with Crippen LogP contribution in [0.1, 0.15) is 22.8 Å². The maximum absolute atomic E-state index is 10.7. The minimum absolute atomic E-state index is 0.316. The zero-order valence-electron chi connectivity index (χ0n) is 7.90. The van der Waals surface area contributed by atoms with E-state index in [1.807, 2.05) is 22.7 Å². The van der Waals surface area contributed by atoms with E-state index >= 15 is 0 Å². The Hall–Kier alpha value is -1.77. The van der Waals surface area contributed by atoms with Crippen LogP contribution >= 0.6 is 0 Å². The van der Waals surface area contributed by atoms with Crippen LogP contribution in [0.2, 0.25) is 0 Å². The molecule has 2 heterocycles. The smallest absolute Gasteiger partial charge is 0.337 e. The molecule has 2 aromatic rings. The van der Waals surface area contributed by atoms with E-state index in [1.54, 1.807) is 12.3 Å². The molecular formula is C11H11NO2. The molecule has 0 aliphatic carbocycles. The molecule has 0 spiro atoms. The lowest BCUT2D eigenvalue weighted by Crippen LogP contribution is -1.98. The standard InChI is InChI=1S/C11H11NO2/c1-2-8-5-6-12-7-9(11(13)14)3-4-10(8)12/h3-7H,2H2,1H3,(H,13,14). The average molecular weight is 189 g/mol. The van der Waals surface area contributed by atoms with Gasteiger partial charge in [0.25, 0.3) is 0 Å². The molecule has 0 radical (unpaired) electrons. The Bertz CT molecular complexity index is 485. The molecule has 3 heteroatoms. The van der Waals surface area contributed by atoms with Gasteiger partial charge < -0.3 is 9.51 Å². The summed E-state index contributed by atoms with van der Waals surface area (Å²) in [5.41, 5.74) is 2.63. The number of aromatic nitrogens is 1. The van der Waals surface area contributed by atoms with Crippen molar-refractivity contribution in [3.05, 3.63) is 41.7 Å². The SMILES string of the molecule is CCc1ccn2cc(C(=O)O)ccc12. The summed E-state index contributed by atoms with van der Waals surface area (Å²) in [6.07, 6.45) is 4.49. The Morgan fingerprint density at radius 3 is 2.86 bits per heavy atom. The van der Waals surface area contributed by atoms with Crippen LogP contribution in [0.3, 0.4) is 0 Å². The number of hydrogen-bond acceptors (Lipinski definition) is 1. The van der Waals surface area contributed by atoms with Gasteiger partial charge in [-0.05, 0) is 30.2 Å². The van der Waals surface area contributed by atoms with Crippen LogP contribution in [-0.4, -0.2) is 15.5 Å². The molecule has 0 aliphatic heterocycles. The number of aryl methyl sites for hydroxylation is 1. The molecule has 72 valence electrons. The van der Waals surface area contributed by atoms with E-state index in [-0.39, 0.29) is 0 Å². The van der Waals surface area contributed by atoms with Crippen molar-refractivity contribution >= 4 is 11.5 Å². The molecule has 0 unspecified atom stereocenters. The highest BCUT2D eigenvalue weighted by atomic mass is 16.4. The van der Waals surface area contributed by atoms with Gasteiger partial charge in [-0.25, -0.2) is 4.79 Å². The third-order valence-electron chi connectivity index (χ3n) is 2.37. The van der Waals surface area contributed by atoms with E-state index in [4.69, 9.17) is 5.11 Å². The fourth-order valence-corrected chi connectivity index (χ4v) is 1.59. The molecule has 2 aromatic heterocycles. The van der Waals surface area contributed by atoms with E-state index in [9.17, 15) is 4.79 Å². The maximum Gasteiger partial charge on any atom is 0.337 e. The molecule has 0 fully saturated rings. The first-order valence-electron chi connectivity index (χ1n) is 4.55. The number of aromatic carboxylic acids is 1. The summed E-state index contributed by atoms with van der Waals surface area (Å²) in [5, 5.41) is 8.79. The Morgan fingerprint density at radius 1 is 1.43 bits per heavy atom. The van der Waals surface area contributed by atoms with Gasteiger partial charge in [0, 0.05) is 17.9 Å². The van der Waals surface area contributed by atoms with Gasteiger partial charge in [-0.2, -0.15) is 0 Å². The summed E-state index contributed by atoms with van der Waals surface area (Å²) in [7, 11) is 0. The van der Waals surface area contributed by atoms with Crippen molar-refractivity contribution in [2.45, 2.75) is 13.3 Å². The second kappa shape index (κ2) is 3.18. The first kappa shape index (κ1) is 8.81. The van der Waals surface area contributed by atoms with Crippen LogP contribution in [0.4, 0.5) is 0 Å². The van der Waals surface area contributed by atoms with Crippen molar-refractivity contribution < 1.29 is 9.90 Å². The fraction of sp³-hybridized carbons (Fsp3) is 0.182. The molecule has 2 rings (SSSR count). The van der Waals surface area contributed by atoms with E-state index in [0.29, 0.717) is 5.56 Å². The van der Waals surface area contributed by atoms with Crippen LogP contribution < -0.4 is 0 Å². The number of carboxylic acids is 1. The number of nitrogens with zero attached hydrogens (tertiary/aromatic N) is 1. The Morgan fingerprint density at radius 2 is 2.21 bits per heavy atom. The summed E-state index contributed by atoms with van der Waals surface area (Å²) < 4.78 is 1.85. The van der Waals surface area contributed by atoms with Gasteiger partial charge in [-0.3, -0.25) is 0 Å². The number of carboxylic acid groups (broad SMARTS) is 1. The van der Waals surface area contributed by atoms with Crippen LogP contribution in [0.5, 0.6) is 0 Å². The highest BCUT2D eigenvalue weighted by Gasteiger charge is 2.05. The molecule has 0 saturated carbocycles. The lowest BCUT2D eigenvalue weighted by molar-refractivity contribution is 0.0696. The molecule has 14 heavy (non-hydrogen) atoms. The monoisotopic (exact) mass is 189 g/mol. The normalized spacial score (nSPS) is 10.6. The van der Waals surface area contributed by atoms with Crippen LogP contribution in [-0.2, 0) is 6.42 Å². The molecular weight excluding hydrogens is 178 g/mol. The predicted molar refractivity (Wildman–Crippen MR) is 53.7 cm³/mol. The largest absolute Gasteiger partial charge is 0.478 e. The van der Waals surface area contributed by atoms with Crippen molar-refractivity contribution in [3.8, 4) is 0 Å². The van der Waals surface area contributed by atoms with E-state index < -0.39 is 5.97 Å². The van der Waals surface area contributed by atoms with E-state index in [1.165, 1.54) is 5.56 Å². The minimum Gasteiger partial charge on any atom is -0.478 e. The number of hydrogen-bond donors (Lipinski definition) is 1. The predicted octanol–water partition coefficient (Wildman–Crippen LogP) is 2.20. The lowest BCUT2D eigenvalue weighted by atomic mass is 10.2. The summed E-state index contributed by atoms with van der Waals surface area (Å²) in [5.74, 6) is -0.890. The third kappa shape index (κ3) is 1.27. The van der Waals surface area contributed by atoms with E-state index in [0.717, 1.165) is 11.9 Å². The van der Waals surface area contributed by atoms with Gasteiger partial charge in [0.1, 0.15) is 0 Å². The summed E-state index contributed by atoms with van der Waals surface area (Å²) in [6, 6.07) is 5.50. The van der Waals surface area contributed by atoms with Gasteiger partial charge in [-0.1, -0.05) is 6.92 Å². The summed E-state index contributed by atoms with van der Waals surface area (Å²) in [4.78, 5) is 10.7. The van der Waals surface area contributed by atoms with Gasteiger partial charge in [0.2, 0.25) is 0 Å². The average Bonchev–Trinajstić information content (AvgIpc) is 2.59. The molecule has 1 N–H and O–H groups in total. The van der Waals surface area contributed by atoms with Gasteiger partial charge in [-0.15, -0.1) is 0 Å². The Balaban J connectivity index is 2.63. The fourth-order valence-electron chi connectivity index (χ4n) is 1.59. The highest BCUT2D eigenvalue weighted by molar-refractivity contribution is 5.87. The number of pyridine rings is 1. The zero-order chi connectivity index (χ0) is 10.1. The Kier molecular flexibility index (Phi) is 2.00. The molecule has 0 amide bonds. The quantitative estimate of drug-likeness (QED) is 0.786. The van der Waals surface area contributed by atoms with E-state index in [2.05, 4.69) is 6.92 Å². The van der Waals surface area contributed by atoms with Crippen molar-refractivity contribution in [2.75, 3.05) is 0 Å². The van der Waals surface area contributed by atoms with Crippen molar-refractivity contribution in [1.29, 1.82) is 0 Å². The van der Waals surface area contributed by atoms with Crippen molar-refractivity contribution in [3.63, 3.8) is 0 Å². The summed E-state index contributed by atoms with van der Waals surface area (Å²) >= 11 is 0. The van der Waals surface area contributed by atoms with Gasteiger partial charge >= 0.3 is 5.97 Å². The van der Waals surface area contributed by atoms with Gasteiger partial charge in [0.05, 0.1) is 5.56 Å². The molecule has 0 bridgehead atoms. The molecule has 0 aromatic carbocycles. The number of carbonyl (C=O) groups is 1. The van der Waals surface area contributed by atoms with Crippen LogP contribution in [0.15, 0.2) is 30.6 Å². The summed E-state index contributed by atoms with van der Waals surface area (Å²) in [6.45, 7) is 2.08. The van der Waals surface area contributed by atoms with Crippen LogP contribution in [0.25, 0.3) is 5.52 Å². The molecule has 0 atom stereocenters. The highest BCUT2D eigenvalue weighted by Crippen LogP contribution is 2.14. The second-order valence-corrected chi connectivity index (χ2v) is 3.21. The second-order valence-electron chi connectivity index (χ2n) is 3.21. The number of fused-ring (bicyclic) bond motifs is 1. The first-order valence-corrected chi connectivity index (χ1v) is 4.55. The molecule has 0 aliphatic rings.